The maximum Gasteiger partial charge on any atom is 0.347 e. The van der Waals surface area contributed by atoms with E-state index in [1.165, 1.54) is 9.80 Å². The number of hydrogen-bond acceptors (Lipinski definition) is 8. The minimum atomic E-state index is -1.20. The van der Waals surface area contributed by atoms with E-state index in [-0.39, 0.29) is 6.54 Å². The Morgan fingerprint density at radius 1 is 1.10 bits per heavy atom. The number of carbonyl (C=O) groups excluding carboxylic acids is 3. The zero-order valence-corrected chi connectivity index (χ0v) is 21.4. The van der Waals surface area contributed by atoms with Crippen molar-refractivity contribution in [3.8, 4) is 0 Å². The predicted molar refractivity (Wildman–Crippen MR) is 140 cm³/mol. The fourth-order valence-electron chi connectivity index (χ4n) is 4.82. The van der Waals surface area contributed by atoms with Crippen molar-refractivity contribution >= 4 is 35.1 Å². The topological polar surface area (TPSA) is 156 Å². The third kappa shape index (κ3) is 5.03. The predicted octanol–water partition coefficient (Wildman–Crippen LogP) is 3.20. The summed E-state index contributed by atoms with van der Waals surface area (Å²) in [4.78, 5) is 42.3. The molecule has 2 heterocycles. The lowest BCUT2D eigenvalue weighted by Crippen LogP contribution is -2.58. The SMILES string of the molecule is CC1(C)[C@H](N(O)C(=O)Nc2ccccc2)N(c2ccccc2)C(=O)N1CC(=O)N/N=C1\CCCc2nonc21. The molecule has 1 aliphatic carbocycles. The summed E-state index contributed by atoms with van der Waals surface area (Å²) in [7, 11) is 0. The van der Waals surface area contributed by atoms with Gasteiger partial charge in [-0.05, 0) is 62.5 Å². The van der Waals surface area contributed by atoms with Crippen LogP contribution in [0, 0.1) is 0 Å². The molecule has 0 radical (unpaired) electrons. The normalized spacial score (nSPS) is 19.1. The minimum absolute atomic E-state index is 0.374. The first-order valence-electron chi connectivity index (χ1n) is 12.4. The zero-order chi connectivity index (χ0) is 27.6. The van der Waals surface area contributed by atoms with E-state index in [1.54, 1.807) is 74.5 Å². The third-order valence-electron chi connectivity index (χ3n) is 6.78. The van der Waals surface area contributed by atoms with E-state index >= 15 is 0 Å². The van der Waals surface area contributed by atoms with Crippen LogP contribution in [0.5, 0.6) is 0 Å². The monoisotopic (exact) mass is 532 g/mol. The molecule has 0 bridgehead atoms. The first-order valence-corrected chi connectivity index (χ1v) is 12.4. The molecule has 0 unspecified atom stereocenters. The van der Waals surface area contributed by atoms with Crippen LogP contribution in [0.3, 0.4) is 0 Å². The first kappa shape index (κ1) is 25.9. The Hall–Kier alpha value is -4.78. The minimum Gasteiger partial charge on any atom is -0.306 e. The van der Waals surface area contributed by atoms with Crippen molar-refractivity contribution in [1.82, 2.24) is 25.7 Å². The van der Waals surface area contributed by atoms with E-state index in [9.17, 15) is 19.6 Å². The molecule has 1 atom stereocenters. The molecule has 13 heteroatoms. The number of nitrogens with one attached hydrogen (secondary N) is 2. The van der Waals surface area contributed by atoms with Crippen molar-refractivity contribution in [3.63, 3.8) is 0 Å². The highest BCUT2D eigenvalue weighted by molar-refractivity contribution is 6.02. The number of para-hydroxylation sites is 2. The second kappa shape index (κ2) is 10.5. The average molecular weight is 533 g/mol. The van der Waals surface area contributed by atoms with Crippen molar-refractivity contribution in [1.29, 1.82) is 0 Å². The summed E-state index contributed by atoms with van der Waals surface area (Å²) in [5.41, 5.74) is 3.95. The molecule has 5 amide bonds. The van der Waals surface area contributed by atoms with E-state index < -0.39 is 29.7 Å². The zero-order valence-electron chi connectivity index (χ0n) is 21.4. The number of urea groups is 2. The molecule has 1 aromatic heterocycles. The number of hydrogen-bond donors (Lipinski definition) is 3. The van der Waals surface area contributed by atoms with Crippen LogP contribution in [0.1, 0.15) is 38.1 Å². The fraction of sp³-hybridized carbons (Fsp3) is 0.308. The summed E-state index contributed by atoms with van der Waals surface area (Å²) >= 11 is 0. The summed E-state index contributed by atoms with van der Waals surface area (Å²) in [6.45, 7) is 2.97. The van der Waals surface area contributed by atoms with Gasteiger partial charge in [0.25, 0.3) is 5.91 Å². The van der Waals surface area contributed by atoms with Crippen LogP contribution in [0.4, 0.5) is 21.0 Å². The Morgan fingerprint density at radius 3 is 2.51 bits per heavy atom. The molecule has 5 rings (SSSR count). The lowest BCUT2D eigenvalue weighted by molar-refractivity contribution is -0.124. The van der Waals surface area contributed by atoms with Gasteiger partial charge in [-0.2, -0.15) is 10.2 Å². The number of benzene rings is 2. The molecule has 13 nitrogen and oxygen atoms in total. The molecule has 2 aromatic carbocycles. The van der Waals surface area contributed by atoms with Crippen LogP contribution < -0.4 is 15.6 Å². The summed E-state index contributed by atoms with van der Waals surface area (Å²) in [6, 6.07) is 15.9. The second-order valence-corrected chi connectivity index (χ2v) is 9.75. The van der Waals surface area contributed by atoms with Gasteiger partial charge in [0, 0.05) is 11.4 Å². The van der Waals surface area contributed by atoms with Gasteiger partial charge in [-0.3, -0.25) is 14.9 Å². The Balaban J connectivity index is 1.38. The molecular formula is C26H28N8O5. The Kier molecular flexibility index (Phi) is 6.98. The van der Waals surface area contributed by atoms with Crippen LogP contribution in [0.2, 0.25) is 0 Å². The van der Waals surface area contributed by atoms with Crippen molar-refractivity contribution in [2.45, 2.75) is 44.8 Å². The number of hydrazone groups is 1. The van der Waals surface area contributed by atoms with Crippen molar-refractivity contribution < 1.29 is 24.2 Å². The van der Waals surface area contributed by atoms with Gasteiger partial charge in [-0.25, -0.2) is 19.6 Å². The standard InChI is InChI=1S/C26H28N8O5/c1-26(2)23(34(38)24(36)27-17-10-5-3-6-11-17)33(18-12-7-4-8-13-18)25(37)32(26)16-21(35)29-28-19-14-9-15-20-22(19)31-39-30-20/h3-8,10-13,23,38H,9,14-16H2,1-2H3,(H,27,36)(H,29,35)/b28-19+/t23-/m0/s1. The van der Waals surface area contributed by atoms with Crippen LogP contribution >= 0.6 is 0 Å². The molecule has 3 aromatic rings. The molecular weight excluding hydrogens is 504 g/mol. The lowest BCUT2D eigenvalue weighted by Gasteiger charge is -2.38. The van der Waals surface area contributed by atoms with Crippen molar-refractivity contribution in [2.24, 2.45) is 5.10 Å². The molecule has 1 fully saturated rings. The maximum atomic E-state index is 13.7. The van der Waals surface area contributed by atoms with Gasteiger partial charge >= 0.3 is 12.1 Å². The molecule has 0 spiro atoms. The third-order valence-corrected chi connectivity index (χ3v) is 6.78. The van der Waals surface area contributed by atoms with Gasteiger partial charge < -0.3 is 10.2 Å². The molecule has 1 saturated heterocycles. The quantitative estimate of drug-likeness (QED) is 0.325. The van der Waals surface area contributed by atoms with Gasteiger partial charge in [0.15, 0.2) is 11.9 Å². The maximum absolute atomic E-state index is 13.7. The molecule has 2 aliphatic rings. The number of aromatic nitrogens is 2. The number of fused-ring (bicyclic) bond motifs is 1. The molecule has 0 saturated carbocycles. The fourth-order valence-corrected chi connectivity index (χ4v) is 4.82. The first-order chi connectivity index (χ1) is 18.8. The smallest absolute Gasteiger partial charge is 0.306 e. The van der Waals surface area contributed by atoms with Gasteiger partial charge in [0.05, 0.1) is 11.3 Å². The Bertz CT molecular complexity index is 1390. The summed E-state index contributed by atoms with van der Waals surface area (Å²) < 4.78 is 4.79. The lowest BCUT2D eigenvalue weighted by atomic mass is 9.99. The number of hydroxylamine groups is 2. The van der Waals surface area contributed by atoms with Crippen molar-refractivity contribution in [3.05, 3.63) is 72.1 Å². The highest BCUT2D eigenvalue weighted by Gasteiger charge is 2.56. The molecule has 3 N–H and O–H groups in total. The van der Waals surface area contributed by atoms with Crippen LogP contribution in [0.15, 0.2) is 70.4 Å². The van der Waals surface area contributed by atoms with Gasteiger partial charge in [0.1, 0.15) is 12.2 Å². The van der Waals surface area contributed by atoms with E-state index in [1.807, 2.05) is 0 Å². The Labute approximate surface area is 224 Å². The molecule has 39 heavy (non-hydrogen) atoms. The van der Waals surface area contributed by atoms with E-state index in [4.69, 9.17) is 4.63 Å². The van der Waals surface area contributed by atoms with Gasteiger partial charge in [0.2, 0.25) is 0 Å². The van der Waals surface area contributed by atoms with E-state index in [0.29, 0.717) is 46.4 Å². The highest BCUT2D eigenvalue weighted by Crippen LogP contribution is 2.37. The number of carbonyl (C=O) groups is 3. The summed E-state index contributed by atoms with van der Waals surface area (Å²) in [6.07, 6.45) is 0.931. The van der Waals surface area contributed by atoms with E-state index in [2.05, 4.69) is 26.2 Å². The largest absolute Gasteiger partial charge is 0.347 e. The van der Waals surface area contributed by atoms with Crippen molar-refractivity contribution in [2.75, 3.05) is 16.8 Å². The number of amides is 5. The van der Waals surface area contributed by atoms with E-state index in [0.717, 1.165) is 6.42 Å². The van der Waals surface area contributed by atoms with Crippen LogP contribution in [0.25, 0.3) is 0 Å². The summed E-state index contributed by atoms with van der Waals surface area (Å²) in [5, 5.41) is 26.1. The highest BCUT2D eigenvalue weighted by atomic mass is 16.6. The second-order valence-electron chi connectivity index (χ2n) is 9.75. The number of anilines is 2. The summed E-state index contributed by atoms with van der Waals surface area (Å²) in [5.74, 6) is -0.556. The number of aryl methyl sites for hydroxylation is 1. The van der Waals surface area contributed by atoms with Crippen LogP contribution in [-0.4, -0.2) is 67.4 Å². The average Bonchev–Trinajstić information content (AvgIpc) is 3.49. The Morgan fingerprint density at radius 2 is 1.79 bits per heavy atom. The number of nitrogens with zero attached hydrogens (tertiary/aromatic N) is 6. The molecule has 1 aliphatic heterocycles. The van der Waals surface area contributed by atoms with Crippen LogP contribution in [-0.2, 0) is 11.2 Å². The molecule has 202 valence electrons. The van der Waals surface area contributed by atoms with Gasteiger partial charge in [-0.1, -0.05) is 41.6 Å². The van der Waals surface area contributed by atoms with Gasteiger partial charge in [-0.15, -0.1) is 0 Å². The number of rotatable bonds is 6.